The van der Waals surface area contributed by atoms with E-state index in [1.807, 2.05) is 72.5 Å². The first-order chi connectivity index (χ1) is 20.8. The Bertz CT molecular complexity index is 1430. The van der Waals surface area contributed by atoms with Crippen molar-refractivity contribution in [1.82, 2.24) is 9.80 Å². The monoisotopic (exact) mass is 605 g/mol. The van der Waals surface area contributed by atoms with Crippen LogP contribution < -0.4 is 10.1 Å². The topological polar surface area (TPSA) is 97.4 Å². The summed E-state index contributed by atoms with van der Waals surface area (Å²) < 4.78 is 16.6. The van der Waals surface area contributed by atoms with Crippen molar-refractivity contribution in [2.75, 3.05) is 32.1 Å². The molecule has 3 aromatic rings. The molecule has 0 spiro atoms. The van der Waals surface area contributed by atoms with Gasteiger partial charge in [-0.05, 0) is 60.6 Å². The van der Waals surface area contributed by atoms with E-state index in [0.717, 1.165) is 28.8 Å². The van der Waals surface area contributed by atoms with Gasteiger partial charge in [0.05, 0.1) is 12.1 Å². The number of methoxy groups -OCH3 is 1. The van der Waals surface area contributed by atoms with Crippen molar-refractivity contribution in [2.24, 2.45) is 0 Å². The number of piperidine rings is 1. The molecule has 1 unspecified atom stereocenters. The molecule has 0 aromatic heterocycles. The summed E-state index contributed by atoms with van der Waals surface area (Å²) >= 11 is 6.56. The highest BCUT2D eigenvalue weighted by molar-refractivity contribution is 6.32. The van der Waals surface area contributed by atoms with E-state index in [4.69, 9.17) is 25.8 Å². The SMILES string of the molecule is COC(=O)C(Cc1cc(C)c(OCc2ccccc2)c(Cl)c1)OC(=O)N1CCC(N2CCc3ccccc3NC2=O)CC1. The molecule has 1 saturated heterocycles. The number of ether oxygens (including phenoxy) is 3. The van der Waals surface area contributed by atoms with E-state index in [9.17, 15) is 14.4 Å². The lowest BCUT2D eigenvalue weighted by Gasteiger charge is -2.37. The van der Waals surface area contributed by atoms with E-state index in [2.05, 4.69) is 5.32 Å². The number of esters is 1. The number of nitrogens with one attached hydrogen (secondary N) is 1. The van der Waals surface area contributed by atoms with Crippen molar-refractivity contribution in [3.8, 4) is 5.75 Å². The number of halogens is 1. The zero-order chi connectivity index (χ0) is 30.3. The van der Waals surface area contributed by atoms with Crippen LogP contribution in [0.2, 0.25) is 5.02 Å². The van der Waals surface area contributed by atoms with Crippen LogP contribution in [-0.4, -0.2) is 66.8 Å². The highest BCUT2D eigenvalue weighted by Crippen LogP contribution is 2.32. The van der Waals surface area contributed by atoms with Crippen LogP contribution in [0.4, 0.5) is 15.3 Å². The molecule has 2 aliphatic heterocycles. The van der Waals surface area contributed by atoms with Crippen LogP contribution in [0, 0.1) is 6.92 Å². The number of anilines is 1. The molecule has 0 aliphatic carbocycles. The van der Waals surface area contributed by atoms with Crippen LogP contribution in [0.1, 0.15) is 35.1 Å². The van der Waals surface area contributed by atoms with Crippen molar-refractivity contribution in [2.45, 2.75) is 51.4 Å². The van der Waals surface area contributed by atoms with Gasteiger partial charge in [0.15, 0.2) is 0 Å². The first kappa shape index (κ1) is 30.2. The van der Waals surface area contributed by atoms with Crippen LogP contribution in [0.5, 0.6) is 5.75 Å². The molecule has 0 saturated carbocycles. The number of aryl methyl sites for hydroxylation is 1. The summed E-state index contributed by atoms with van der Waals surface area (Å²) in [6, 6.07) is 21.1. The number of para-hydroxylation sites is 1. The number of nitrogens with zero attached hydrogens (tertiary/aromatic N) is 2. The van der Waals surface area contributed by atoms with Crippen molar-refractivity contribution < 1.29 is 28.6 Å². The molecule has 2 aliphatic rings. The van der Waals surface area contributed by atoms with Gasteiger partial charge in [0, 0.05) is 37.8 Å². The maximum atomic E-state index is 13.1. The van der Waals surface area contributed by atoms with Crippen LogP contribution >= 0.6 is 11.6 Å². The molecular weight excluding hydrogens is 570 g/mol. The standard InChI is InChI=1S/C33H36ClN3O6/c1-22-18-24(19-27(34)30(22)42-21-23-8-4-3-5-9-23)20-29(31(38)41-2)43-33(40)36-15-13-26(14-16-36)37-17-12-25-10-6-7-11-28(25)35-32(37)39/h3-11,18-19,26,29H,12-17,20-21H2,1-2H3,(H,35,39). The lowest BCUT2D eigenvalue weighted by Crippen LogP contribution is -2.50. The Hall–Kier alpha value is -4.24. The number of hydrogen-bond donors (Lipinski definition) is 1. The third-order valence-corrected chi connectivity index (χ3v) is 8.23. The fourth-order valence-electron chi connectivity index (χ4n) is 5.65. The Balaban J connectivity index is 1.17. The van der Waals surface area contributed by atoms with Crippen molar-refractivity contribution in [1.29, 1.82) is 0 Å². The molecular formula is C33H36ClN3O6. The summed E-state index contributed by atoms with van der Waals surface area (Å²) in [5.74, 6) is -0.0899. The van der Waals surface area contributed by atoms with E-state index >= 15 is 0 Å². The number of amides is 3. The van der Waals surface area contributed by atoms with Gasteiger partial charge in [0.1, 0.15) is 12.4 Å². The number of fused-ring (bicyclic) bond motifs is 1. The average Bonchev–Trinajstić information content (AvgIpc) is 3.18. The maximum Gasteiger partial charge on any atom is 0.410 e. The third-order valence-electron chi connectivity index (χ3n) is 7.95. The molecule has 43 heavy (non-hydrogen) atoms. The number of hydrogen-bond acceptors (Lipinski definition) is 6. The predicted octanol–water partition coefficient (Wildman–Crippen LogP) is 6.00. The lowest BCUT2D eigenvalue weighted by atomic mass is 10.0. The van der Waals surface area contributed by atoms with Gasteiger partial charge in [0.2, 0.25) is 6.10 Å². The summed E-state index contributed by atoms with van der Waals surface area (Å²) in [6.07, 6.45) is 0.357. The predicted molar refractivity (Wildman–Crippen MR) is 163 cm³/mol. The highest BCUT2D eigenvalue weighted by Gasteiger charge is 2.34. The van der Waals surface area contributed by atoms with Gasteiger partial charge >= 0.3 is 18.1 Å². The van der Waals surface area contributed by atoms with Gasteiger partial charge in [-0.25, -0.2) is 14.4 Å². The highest BCUT2D eigenvalue weighted by atomic mass is 35.5. The van der Waals surface area contributed by atoms with Gasteiger partial charge in [-0.1, -0.05) is 66.2 Å². The van der Waals surface area contributed by atoms with E-state index in [1.54, 1.807) is 11.0 Å². The fraction of sp³-hybridized carbons (Fsp3) is 0.364. The molecule has 5 rings (SSSR count). The zero-order valence-electron chi connectivity index (χ0n) is 24.4. The van der Waals surface area contributed by atoms with Crippen molar-refractivity contribution >= 4 is 35.4 Å². The van der Waals surface area contributed by atoms with Gasteiger partial charge in [0.25, 0.3) is 0 Å². The number of likely N-dealkylation sites (tertiary alicyclic amines) is 1. The van der Waals surface area contributed by atoms with Crippen LogP contribution in [0.3, 0.4) is 0 Å². The largest absolute Gasteiger partial charge is 0.487 e. The molecule has 1 atom stereocenters. The Morgan fingerprint density at radius 1 is 1.00 bits per heavy atom. The number of carbonyl (C=O) groups excluding carboxylic acids is 3. The summed E-state index contributed by atoms with van der Waals surface area (Å²) in [5.41, 5.74) is 4.49. The molecule has 2 heterocycles. The van der Waals surface area contributed by atoms with E-state index in [1.165, 1.54) is 7.11 Å². The summed E-state index contributed by atoms with van der Waals surface area (Å²) in [6.45, 7) is 3.68. The van der Waals surface area contributed by atoms with E-state index in [-0.39, 0.29) is 18.5 Å². The van der Waals surface area contributed by atoms with E-state index < -0.39 is 18.2 Å². The molecule has 10 heteroatoms. The molecule has 1 fully saturated rings. The Labute approximate surface area is 256 Å². The molecule has 1 N–H and O–H groups in total. The first-order valence-electron chi connectivity index (χ1n) is 14.5. The van der Waals surface area contributed by atoms with Gasteiger partial charge in [-0.2, -0.15) is 0 Å². The molecule has 3 amide bonds. The summed E-state index contributed by atoms with van der Waals surface area (Å²) in [5, 5.41) is 3.42. The molecule has 0 radical (unpaired) electrons. The minimum atomic E-state index is -1.14. The van der Waals surface area contributed by atoms with Gasteiger partial charge in [-0.15, -0.1) is 0 Å². The molecule has 0 bridgehead atoms. The molecule has 9 nitrogen and oxygen atoms in total. The molecule has 3 aromatic carbocycles. The van der Waals surface area contributed by atoms with Crippen molar-refractivity contribution in [3.63, 3.8) is 0 Å². The normalized spacial score (nSPS) is 16.0. The quantitative estimate of drug-likeness (QED) is 0.316. The number of benzene rings is 3. The Kier molecular flexibility index (Phi) is 9.72. The lowest BCUT2D eigenvalue weighted by molar-refractivity contribution is -0.151. The van der Waals surface area contributed by atoms with Crippen molar-refractivity contribution in [3.05, 3.63) is 94.0 Å². The number of rotatable bonds is 8. The van der Waals surface area contributed by atoms with Gasteiger partial charge < -0.3 is 29.3 Å². The molecule has 226 valence electrons. The second-order valence-electron chi connectivity index (χ2n) is 10.8. The third kappa shape index (κ3) is 7.40. The van der Waals surface area contributed by atoms with Gasteiger partial charge in [-0.3, -0.25) is 0 Å². The van der Waals surface area contributed by atoms with E-state index in [0.29, 0.717) is 55.4 Å². The minimum Gasteiger partial charge on any atom is -0.487 e. The smallest absolute Gasteiger partial charge is 0.410 e. The maximum absolute atomic E-state index is 13.1. The minimum absolute atomic E-state index is 0.00232. The fourth-order valence-corrected chi connectivity index (χ4v) is 5.99. The second-order valence-corrected chi connectivity index (χ2v) is 11.3. The Morgan fingerprint density at radius 3 is 2.44 bits per heavy atom. The average molecular weight is 606 g/mol. The summed E-state index contributed by atoms with van der Waals surface area (Å²) in [4.78, 5) is 42.1. The van der Waals surface area contributed by atoms with Crippen LogP contribution in [-0.2, 0) is 33.7 Å². The van der Waals surface area contributed by atoms with Crippen LogP contribution in [0.15, 0.2) is 66.7 Å². The number of urea groups is 1. The number of carbonyl (C=O) groups is 3. The second kappa shape index (κ2) is 13.8. The zero-order valence-corrected chi connectivity index (χ0v) is 25.1. The first-order valence-corrected chi connectivity index (χ1v) is 14.8. The van der Waals surface area contributed by atoms with Crippen LogP contribution in [0.25, 0.3) is 0 Å². The summed E-state index contributed by atoms with van der Waals surface area (Å²) in [7, 11) is 1.26. The Morgan fingerprint density at radius 2 is 1.72 bits per heavy atom.